The van der Waals surface area contributed by atoms with Crippen LogP contribution in [0.25, 0.3) is 0 Å². The SMILES string of the molecule is COCCNCC(=O)NC(C)CCC1CCCCC1.Cl. The molecule has 5 heteroatoms. The lowest BCUT2D eigenvalue weighted by atomic mass is 9.85. The molecular weight excluding hydrogens is 276 g/mol. The van der Waals surface area contributed by atoms with Crippen molar-refractivity contribution in [3.05, 3.63) is 0 Å². The van der Waals surface area contributed by atoms with Gasteiger partial charge in [-0.1, -0.05) is 32.1 Å². The number of hydrogen-bond donors (Lipinski definition) is 2. The Labute approximate surface area is 129 Å². The molecule has 0 aliphatic heterocycles. The fraction of sp³-hybridized carbons (Fsp3) is 0.933. The van der Waals surface area contributed by atoms with E-state index < -0.39 is 0 Å². The van der Waals surface area contributed by atoms with Crippen molar-refractivity contribution in [3.63, 3.8) is 0 Å². The number of ether oxygens (including phenoxy) is 1. The first kappa shape index (κ1) is 19.7. The summed E-state index contributed by atoms with van der Waals surface area (Å²) in [6.45, 7) is 3.86. The summed E-state index contributed by atoms with van der Waals surface area (Å²) >= 11 is 0. The van der Waals surface area contributed by atoms with Crippen molar-refractivity contribution in [2.45, 2.75) is 57.9 Å². The van der Waals surface area contributed by atoms with Gasteiger partial charge in [0.1, 0.15) is 0 Å². The normalized spacial score (nSPS) is 17.3. The lowest BCUT2D eigenvalue weighted by Gasteiger charge is -2.23. The largest absolute Gasteiger partial charge is 0.383 e. The summed E-state index contributed by atoms with van der Waals surface area (Å²) in [5.41, 5.74) is 0. The van der Waals surface area contributed by atoms with Crippen LogP contribution in [0.1, 0.15) is 51.9 Å². The van der Waals surface area contributed by atoms with Crippen molar-refractivity contribution in [1.82, 2.24) is 10.6 Å². The number of carbonyl (C=O) groups is 1. The van der Waals surface area contributed by atoms with E-state index in [1.54, 1.807) is 7.11 Å². The first-order valence-electron chi connectivity index (χ1n) is 7.71. The Kier molecular flexibility index (Phi) is 12.2. The van der Waals surface area contributed by atoms with Crippen LogP contribution < -0.4 is 10.6 Å². The molecule has 0 radical (unpaired) electrons. The van der Waals surface area contributed by atoms with E-state index in [-0.39, 0.29) is 18.3 Å². The van der Waals surface area contributed by atoms with Gasteiger partial charge in [0.25, 0.3) is 0 Å². The molecule has 1 amide bonds. The van der Waals surface area contributed by atoms with Gasteiger partial charge in [0.15, 0.2) is 0 Å². The maximum absolute atomic E-state index is 11.7. The van der Waals surface area contributed by atoms with Crippen molar-refractivity contribution >= 4 is 18.3 Å². The first-order chi connectivity index (χ1) is 9.22. The highest BCUT2D eigenvalue weighted by Gasteiger charge is 2.15. The predicted molar refractivity (Wildman–Crippen MR) is 85.4 cm³/mol. The van der Waals surface area contributed by atoms with Crippen LogP contribution in [0.3, 0.4) is 0 Å². The number of halogens is 1. The third-order valence-electron chi connectivity index (χ3n) is 3.91. The smallest absolute Gasteiger partial charge is 0.234 e. The zero-order chi connectivity index (χ0) is 13.9. The van der Waals surface area contributed by atoms with E-state index in [1.807, 2.05) is 0 Å². The van der Waals surface area contributed by atoms with Crippen molar-refractivity contribution < 1.29 is 9.53 Å². The van der Waals surface area contributed by atoms with Crippen molar-refractivity contribution in [2.75, 3.05) is 26.8 Å². The molecule has 20 heavy (non-hydrogen) atoms. The molecule has 0 heterocycles. The number of hydrogen-bond acceptors (Lipinski definition) is 3. The van der Waals surface area contributed by atoms with Gasteiger partial charge in [-0.15, -0.1) is 12.4 Å². The fourth-order valence-corrected chi connectivity index (χ4v) is 2.74. The number of rotatable bonds is 9. The second kappa shape index (κ2) is 12.4. The van der Waals surface area contributed by atoms with Gasteiger partial charge in [-0.05, 0) is 25.7 Å². The van der Waals surface area contributed by atoms with E-state index in [9.17, 15) is 4.79 Å². The Morgan fingerprint density at radius 1 is 1.30 bits per heavy atom. The second-order valence-corrected chi connectivity index (χ2v) is 5.72. The van der Waals surface area contributed by atoms with Gasteiger partial charge in [-0.3, -0.25) is 4.79 Å². The van der Waals surface area contributed by atoms with E-state index in [4.69, 9.17) is 4.74 Å². The van der Waals surface area contributed by atoms with Crippen molar-refractivity contribution in [2.24, 2.45) is 5.92 Å². The molecule has 120 valence electrons. The van der Waals surface area contributed by atoms with E-state index >= 15 is 0 Å². The molecule has 1 atom stereocenters. The molecule has 1 rings (SSSR count). The van der Waals surface area contributed by atoms with Crippen LogP contribution >= 0.6 is 12.4 Å². The minimum Gasteiger partial charge on any atom is -0.383 e. The molecular formula is C15H31ClN2O2. The summed E-state index contributed by atoms with van der Waals surface area (Å²) in [4.78, 5) is 11.7. The third-order valence-corrected chi connectivity index (χ3v) is 3.91. The minimum absolute atomic E-state index is 0. The standard InChI is InChI=1S/C15H30N2O2.ClH/c1-13(8-9-14-6-4-3-5-7-14)17-15(18)12-16-10-11-19-2;/h13-14,16H,3-12H2,1-2H3,(H,17,18);1H. The quantitative estimate of drug-likeness (QED) is 0.644. The molecule has 0 aromatic heterocycles. The van der Waals surface area contributed by atoms with Crippen LogP contribution in [0.15, 0.2) is 0 Å². The Morgan fingerprint density at radius 2 is 2.00 bits per heavy atom. The lowest BCUT2D eigenvalue weighted by Crippen LogP contribution is -2.40. The summed E-state index contributed by atoms with van der Waals surface area (Å²) in [5, 5.41) is 6.11. The van der Waals surface area contributed by atoms with Gasteiger partial charge in [0.05, 0.1) is 13.2 Å². The van der Waals surface area contributed by atoms with Gasteiger partial charge in [0, 0.05) is 19.7 Å². The molecule has 2 N–H and O–H groups in total. The van der Waals surface area contributed by atoms with Gasteiger partial charge < -0.3 is 15.4 Å². The monoisotopic (exact) mass is 306 g/mol. The van der Waals surface area contributed by atoms with Crippen LogP contribution in [0.2, 0.25) is 0 Å². The summed E-state index contributed by atoms with van der Waals surface area (Å²) in [6.07, 6.45) is 9.35. The maximum atomic E-state index is 11.7. The van der Waals surface area contributed by atoms with Crippen molar-refractivity contribution in [1.29, 1.82) is 0 Å². The Hall–Kier alpha value is -0.320. The zero-order valence-corrected chi connectivity index (χ0v) is 13.8. The van der Waals surface area contributed by atoms with Gasteiger partial charge >= 0.3 is 0 Å². The Bertz CT molecular complexity index is 246. The predicted octanol–water partition coefficient (Wildman–Crippen LogP) is 2.51. The molecule has 1 saturated carbocycles. The van der Waals surface area contributed by atoms with E-state index in [1.165, 1.54) is 38.5 Å². The average molecular weight is 307 g/mol. The van der Waals surface area contributed by atoms with Gasteiger partial charge in [-0.25, -0.2) is 0 Å². The van der Waals surface area contributed by atoms with Crippen LogP contribution in [0.5, 0.6) is 0 Å². The molecule has 1 fully saturated rings. The number of amides is 1. The summed E-state index contributed by atoms with van der Waals surface area (Å²) in [6, 6.07) is 0.290. The second-order valence-electron chi connectivity index (χ2n) is 5.72. The first-order valence-corrected chi connectivity index (χ1v) is 7.71. The summed E-state index contributed by atoms with van der Waals surface area (Å²) < 4.78 is 4.92. The third kappa shape index (κ3) is 9.56. The van der Waals surface area contributed by atoms with Gasteiger partial charge in [0.2, 0.25) is 5.91 Å². The van der Waals surface area contributed by atoms with Gasteiger partial charge in [-0.2, -0.15) is 0 Å². The minimum atomic E-state index is 0. The van der Waals surface area contributed by atoms with Crippen LogP contribution in [-0.4, -0.2) is 38.8 Å². The molecule has 0 saturated heterocycles. The number of carbonyl (C=O) groups excluding carboxylic acids is 1. The Morgan fingerprint density at radius 3 is 2.65 bits per heavy atom. The molecule has 4 nitrogen and oxygen atoms in total. The highest BCUT2D eigenvalue weighted by Crippen LogP contribution is 2.27. The maximum Gasteiger partial charge on any atom is 0.234 e. The Balaban J connectivity index is 0.00000361. The molecule has 0 bridgehead atoms. The fourth-order valence-electron chi connectivity index (χ4n) is 2.74. The zero-order valence-electron chi connectivity index (χ0n) is 13.0. The molecule has 0 spiro atoms. The van der Waals surface area contributed by atoms with E-state index in [0.717, 1.165) is 18.9 Å². The van der Waals surface area contributed by atoms with Crippen molar-refractivity contribution in [3.8, 4) is 0 Å². The van der Waals surface area contributed by atoms with Crippen LogP contribution in [-0.2, 0) is 9.53 Å². The van der Waals surface area contributed by atoms with E-state index in [2.05, 4.69) is 17.6 Å². The highest BCUT2D eigenvalue weighted by atomic mass is 35.5. The summed E-state index contributed by atoms with van der Waals surface area (Å²) in [5.74, 6) is 0.986. The van der Waals surface area contributed by atoms with Crippen LogP contribution in [0, 0.1) is 5.92 Å². The van der Waals surface area contributed by atoms with E-state index in [0.29, 0.717) is 19.2 Å². The van der Waals surface area contributed by atoms with Crippen LogP contribution in [0.4, 0.5) is 0 Å². The molecule has 1 aliphatic carbocycles. The highest BCUT2D eigenvalue weighted by molar-refractivity contribution is 5.85. The topological polar surface area (TPSA) is 50.4 Å². The molecule has 1 unspecified atom stereocenters. The molecule has 1 aliphatic rings. The molecule has 0 aromatic carbocycles. The average Bonchev–Trinajstić information content (AvgIpc) is 2.42. The number of nitrogens with one attached hydrogen (secondary N) is 2. The number of methoxy groups -OCH3 is 1. The lowest BCUT2D eigenvalue weighted by molar-refractivity contribution is -0.120. The summed E-state index contributed by atoms with van der Waals surface area (Å²) in [7, 11) is 1.66. The molecule has 0 aromatic rings.